The van der Waals surface area contributed by atoms with Gasteiger partial charge in [0.2, 0.25) is 0 Å². The molecule has 2 aromatic rings. The van der Waals surface area contributed by atoms with Gasteiger partial charge in [-0.1, -0.05) is 0 Å². The minimum atomic E-state index is -4.76. The third-order valence-corrected chi connectivity index (χ3v) is 14.2. The molecule has 0 amide bonds. The van der Waals surface area contributed by atoms with E-state index in [2.05, 4.69) is 120 Å². The number of benzene rings is 2. The van der Waals surface area contributed by atoms with Gasteiger partial charge in [0.15, 0.2) is 0 Å². The van der Waals surface area contributed by atoms with E-state index in [-0.39, 0.29) is 32.5 Å². The topological polar surface area (TPSA) is 38.7 Å². The molecule has 2 aromatic carbocycles. The first kappa shape index (κ1) is 34.3. The zero-order chi connectivity index (χ0) is 32.9. The van der Waals surface area contributed by atoms with Crippen LogP contribution in [0.25, 0.3) is 0 Å². The molecule has 0 aromatic heterocycles. The molecule has 240 valence electrons. The van der Waals surface area contributed by atoms with Gasteiger partial charge in [-0.05, 0) is 0 Å². The van der Waals surface area contributed by atoms with E-state index in [1.165, 1.54) is 0 Å². The van der Waals surface area contributed by atoms with Gasteiger partial charge in [0.1, 0.15) is 0 Å². The van der Waals surface area contributed by atoms with Gasteiger partial charge in [-0.25, -0.2) is 0 Å². The molecule has 0 saturated carbocycles. The van der Waals surface area contributed by atoms with Crippen molar-refractivity contribution in [1.82, 2.24) is 0 Å². The van der Waals surface area contributed by atoms with E-state index < -0.39 is 7.28 Å². The molecule has 1 N–H and O–H groups in total. The summed E-state index contributed by atoms with van der Waals surface area (Å²) in [6.07, 6.45) is 14.6. The average Bonchev–Trinajstić information content (AvgIpc) is 2.92. The van der Waals surface area contributed by atoms with Crippen molar-refractivity contribution in [1.29, 1.82) is 0 Å². The molecule has 0 bridgehead atoms. The van der Waals surface area contributed by atoms with Crippen molar-refractivity contribution >= 4 is 17.9 Å². The third-order valence-electron chi connectivity index (χ3n) is 10.6. The number of hydrogen-bond donors (Lipinski definition) is 1. The van der Waals surface area contributed by atoms with Crippen LogP contribution >= 0.6 is 7.28 Å². The molecule has 0 fully saturated rings. The number of rotatable bonds is 6. The summed E-state index contributed by atoms with van der Waals surface area (Å²) in [6.45, 7) is 27.7. The van der Waals surface area contributed by atoms with Gasteiger partial charge in [-0.15, -0.1) is 0 Å². The summed E-state index contributed by atoms with van der Waals surface area (Å²) in [4.78, 5) is 13.5. The molecule has 4 rings (SSSR count). The number of allylic oxidation sites excluding steroid dienone is 6. The zero-order valence-electron chi connectivity index (χ0n) is 29.4. The zero-order valence-corrected chi connectivity index (χ0v) is 30.3. The second-order valence-corrected chi connectivity index (χ2v) is 20.2. The third kappa shape index (κ3) is 5.65. The summed E-state index contributed by atoms with van der Waals surface area (Å²) in [7, 11) is -4.76. The molecule has 0 radical (unpaired) electrons. The van der Waals surface area contributed by atoms with Crippen LogP contribution in [-0.4, -0.2) is 4.89 Å². The van der Waals surface area contributed by atoms with Gasteiger partial charge < -0.3 is 0 Å². The summed E-state index contributed by atoms with van der Waals surface area (Å²) < 4.78 is 14.0. The Morgan fingerprint density at radius 3 is 1.05 bits per heavy atom. The first-order valence-corrected chi connectivity index (χ1v) is 18.2. The summed E-state index contributed by atoms with van der Waals surface area (Å²) >= 11 is 0. The van der Waals surface area contributed by atoms with E-state index in [1.54, 1.807) is 0 Å². The summed E-state index contributed by atoms with van der Waals surface area (Å²) in [5.41, 5.74) is -0.0846. The van der Waals surface area contributed by atoms with Crippen molar-refractivity contribution in [3.8, 4) is 0 Å². The Kier molecular flexibility index (Phi) is 8.59. The van der Waals surface area contributed by atoms with Crippen molar-refractivity contribution in [2.45, 2.75) is 95.9 Å². The van der Waals surface area contributed by atoms with Gasteiger partial charge in [-0.3, -0.25) is 0 Å². The second-order valence-electron chi connectivity index (χ2n) is 17.0. The van der Waals surface area contributed by atoms with Crippen molar-refractivity contribution in [2.24, 2.45) is 32.5 Å². The molecule has 0 unspecified atom stereocenters. The SMILES string of the molecule is CC(C)(C)C1(C(C)(C)C)C=CC(OP(O)(OC2=CCC(C(C)(C)C)(C(C)(C)C)C=C2)(c2ccccc2)c2ccccc2)=CC1. The van der Waals surface area contributed by atoms with Gasteiger partial charge in [-0.2, -0.15) is 0 Å². The van der Waals surface area contributed by atoms with E-state index in [0.29, 0.717) is 22.1 Å². The summed E-state index contributed by atoms with van der Waals surface area (Å²) in [5, 5.41) is 1.25. The molecule has 44 heavy (non-hydrogen) atoms. The van der Waals surface area contributed by atoms with Crippen molar-refractivity contribution in [3.63, 3.8) is 0 Å². The van der Waals surface area contributed by atoms with E-state index in [4.69, 9.17) is 9.05 Å². The van der Waals surface area contributed by atoms with Gasteiger partial charge in [0.05, 0.1) is 0 Å². The average molecular weight is 617 g/mol. The molecule has 0 atom stereocenters. The fraction of sp³-hybridized carbons (Fsp3) is 0.500. The molecular weight excluding hydrogens is 559 g/mol. The van der Waals surface area contributed by atoms with Crippen molar-refractivity contribution < 1.29 is 13.9 Å². The molecule has 2 aliphatic rings. The van der Waals surface area contributed by atoms with E-state index in [0.717, 1.165) is 12.8 Å². The van der Waals surface area contributed by atoms with E-state index in [9.17, 15) is 4.89 Å². The predicted molar refractivity (Wildman–Crippen MR) is 190 cm³/mol. The number of hydrogen-bond acceptors (Lipinski definition) is 3. The van der Waals surface area contributed by atoms with Crippen LogP contribution in [0.1, 0.15) is 95.9 Å². The second kappa shape index (κ2) is 11.0. The summed E-state index contributed by atoms with van der Waals surface area (Å²) in [5.74, 6) is 1.25. The van der Waals surface area contributed by atoms with Crippen LogP contribution in [0.5, 0.6) is 0 Å². The molecular formula is C40H57O3P. The Morgan fingerprint density at radius 1 is 0.523 bits per heavy atom. The normalized spacial score (nSPS) is 19.8. The standard InChI is InChI=1S/C40H57O3P/c1-35(2,3)39(36(4,5)6)27-23-31(24-28-39)42-44(41,33-19-15-13-16-20-33,34-21-17-14-18-22-34)43-32-25-29-40(30-26-32,37(7,8)9)38(10,11)12/h13-27,29,41H,28,30H2,1-12H3. The van der Waals surface area contributed by atoms with Gasteiger partial charge in [0.25, 0.3) is 0 Å². The van der Waals surface area contributed by atoms with E-state index >= 15 is 0 Å². The minimum absolute atomic E-state index is 0.0220. The predicted octanol–water partition coefficient (Wildman–Crippen LogP) is 10.8. The van der Waals surface area contributed by atoms with Gasteiger partial charge in [0, 0.05) is 0 Å². The van der Waals surface area contributed by atoms with Crippen molar-refractivity contribution in [3.05, 3.63) is 109 Å². The monoisotopic (exact) mass is 616 g/mol. The van der Waals surface area contributed by atoms with Gasteiger partial charge >= 0.3 is 269 Å². The van der Waals surface area contributed by atoms with Crippen molar-refractivity contribution in [2.75, 3.05) is 0 Å². The molecule has 0 saturated heterocycles. The van der Waals surface area contributed by atoms with Crippen LogP contribution in [0.2, 0.25) is 0 Å². The molecule has 0 spiro atoms. The Hall–Kier alpha value is -2.61. The van der Waals surface area contributed by atoms with Crippen LogP contribution < -0.4 is 10.6 Å². The maximum absolute atomic E-state index is 13.5. The Bertz CT molecular complexity index is 1310. The fourth-order valence-electron chi connectivity index (χ4n) is 8.01. The quantitative estimate of drug-likeness (QED) is 0.328. The van der Waals surface area contributed by atoms with Crippen LogP contribution in [0.4, 0.5) is 0 Å². The maximum atomic E-state index is 13.5. The first-order chi connectivity index (χ1) is 20.1. The van der Waals surface area contributed by atoms with Crippen LogP contribution in [-0.2, 0) is 9.05 Å². The van der Waals surface area contributed by atoms with Crippen LogP contribution in [0, 0.1) is 32.5 Å². The molecule has 0 heterocycles. The fourth-order valence-corrected chi connectivity index (χ4v) is 11.2. The summed E-state index contributed by atoms with van der Waals surface area (Å²) in [6, 6.07) is 19.4. The Balaban J connectivity index is 1.87. The van der Waals surface area contributed by atoms with E-state index in [1.807, 2.05) is 60.7 Å². The van der Waals surface area contributed by atoms with Crippen LogP contribution in [0.15, 0.2) is 109 Å². The first-order valence-electron chi connectivity index (χ1n) is 16.2. The molecule has 2 aliphatic carbocycles. The molecule has 4 heteroatoms. The van der Waals surface area contributed by atoms with Crippen LogP contribution in [0.3, 0.4) is 0 Å². The Morgan fingerprint density at radius 2 is 0.818 bits per heavy atom. The molecule has 3 nitrogen and oxygen atoms in total. The molecule has 0 aliphatic heterocycles. The Labute approximate surface area is 268 Å².